The van der Waals surface area contributed by atoms with E-state index in [1.165, 1.54) is 24.8 Å². The van der Waals surface area contributed by atoms with Gasteiger partial charge in [-0.25, -0.2) is 9.97 Å². The minimum Gasteiger partial charge on any atom is -0.354 e. The molecule has 4 heteroatoms. The standard InChI is InChI=1S/C12H18N4/c1-2-9(3-1)6-14-12-15-7-10-4-5-13-8-11(10)16-12/h7,9,13H,1-6,8H2,(H,14,15,16). The SMILES string of the molecule is c1nc(NCC2CCC2)nc2c1CCNC2. The maximum atomic E-state index is 4.56. The van der Waals surface area contributed by atoms with Gasteiger partial charge < -0.3 is 10.6 Å². The zero-order valence-electron chi connectivity index (χ0n) is 9.50. The third kappa shape index (κ3) is 2.02. The quantitative estimate of drug-likeness (QED) is 0.803. The van der Waals surface area contributed by atoms with E-state index in [4.69, 9.17) is 0 Å². The number of fused-ring (bicyclic) bond motifs is 1. The van der Waals surface area contributed by atoms with Crippen molar-refractivity contribution in [3.63, 3.8) is 0 Å². The van der Waals surface area contributed by atoms with Crippen LogP contribution in [0.5, 0.6) is 0 Å². The van der Waals surface area contributed by atoms with Gasteiger partial charge in [0.25, 0.3) is 0 Å². The summed E-state index contributed by atoms with van der Waals surface area (Å²) in [5, 5.41) is 6.68. The molecule has 3 rings (SSSR count). The molecule has 16 heavy (non-hydrogen) atoms. The van der Waals surface area contributed by atoms with Crippen molar-refractivity contribution in [2.24, 2.45) is 5.92 Å². The van der Waals surface area contributed by atoms with Crippen LogP contribution >= 0.6 is 0 Å². The van der Waals surface area contributed by atoms with Crippen molar-refractivity contribution >= 4 is 5.95 Å². The Bertz CT molecular complexity index is 373. The maximum absolute atomic E-state index is 4.56. The van der Waals surface area contributed by atoms with Crippen molar-refractivity contribution in [1.29, 1.82) is 0 Å². The molecule has 0 saturated heterocycles. The van der Waals surface area contributed by atoms with Crippen molar-refractivity contribution in [3.05, 3.63) is 17.5 Å². The van der Waals surface area contributed by atoms with Gasteiger partial charge in [-0.05, 0) is 37.3 Å². The third-order valence-corrected chi connectivity index (χ3v) is 3.59. The smallest absolute Gasteiger partial charge is 0.222 e. The van der Waals surface area contributed by atoms with Gasteiger partial charge in [0.1, 0.15) is 0 Å². The highest BCUT2D eigenvalue weighted by atomic mass is 15.1. The summed E-state index contributed by atoms with van der Waals surface area (Å²) in [6.07, 6.45) is 7.14. The molecule has 0 bridgehead atoms. The molecule has 2 N–H and O–H groups in total. The van der Waals surface area contributed by atoms with Gasteiger partial charge in [0.15, 0.2) is 0 Å². The van der Waals surface area contributed by atoms with Crippen molar-refractivity contribution in [1.82, 2.24) is 15.3 Å². The fraction of sp³-hybridized carbons (Fsp3) is 0.667. The monoisotopic (exact) mass is 218 g/mol. The summed E-state index contributed by atoms with van der Waals surface area (Å²) in [6, 6.07) is 0. The van der Waals surface area contributed by atoms with Gasteiger partial charge in [-0.3, -0.25) is 0 Å². The Morgan fingerprint density at radius 2 is 2.38 bits per heavy atom. The van der Waals surface area contributed by atoms with Gasteiger partial charge in [-0.2, -0.15) is 0 Å². The predicted molar refractivity (Wildman–Crippen MR) is 63.3 cm³/mol. The van der Waals surface area contributed by atoms with Crippen LogP contribution < -0.4 is 10.6 Å². The Morgan fingerprint density at radius 1 is 1.44 bits per heavy atom. The maximum Gasteiger partial charge on any atom is 0.222 e. The highest BCUT2D eigenvalue weighted by molar-refractivity contribution is 5.31. The number of nitrogens with zero attached hydrogens (tertiary/aromatic N) is 2. The topological polar surface area (TPSA) is 49.8 Å². The van der Waals surface area contributed by atoms with Crippen LogP contribution in [0.4, 0.5) is 5.95 Å². The first-order valence-corrected chi connectivity index (χ1v) is 6.21. The Morgan fingerprint density at radius 3 is 3.19 bits per heavy atom. The molecule has 0 unspecified atom stereocenters. The predicted octanol–water partition coefficient (Wildman–Crippen LogP) is 1.33. The lowest BCUT2D eigenvalue weighted by atomic mass is 9.85. The van der Waals surface area contributed by atoms with E-state index in [9.17, 15) is 0 Å². The molecule has 4 nitrogen and oxygen atoms in total. The van der Waals surface area contributed by atoms with Crippen LogP contribution in [-0.4, -0.2) is 23.1 Å². The average molecular weight is 218 g/mol. The van der Waals surface area contributed by atoms with Crippen LogP contribution in [0.2, 0.25) is 0 Å². The minimum atomic E-state index is 0.800. The number of rotatable bonds is 3. The molecule has 0 atom stereocenters. The summed E-state index contributed by atoms with van der Waals surface area (Å²) in [5.74, 6) is 1.65. The fourth-order valence-corrected chi connectivity index (χ4v) is 2.25. The normalized spacial score (nSPS) is 20.0. The largest absolute Gasteiger partial charge is 0.354 e. The fourth-order valence-electron chi connectivity index (χ4n) is 2.25. The molecule has 0 radical (unpaired) electrons. The molecule has 2 heterocycles. The average Bonchev–Trinajstić information content (AvgIpc) is 2.27. The van der Waals surface area contributed by atoms with Gasteiger partial charge in [-0.15, -0.1) is 0 Å². The molecule has 1 fully saturated rings. The molecule has 1 aliphatic heterocycles. The van der Waals surface area contributed by atoms with E-state index in [1.54, 1.807) is 0 Å². The van der Waals surface area contributed by atoms with Crippen LogP contribution in [0.3, 0.4) is 0 Å². The Kier molecular flexibility index (Phi) is 2.74. The molecule has 86 valence electrons. The van der Waals surface area contributed by atoms with Gasteiger partial charge >= 0.3 is 0 Å². The van der Waals surface area contributed by atoms with E-state index in [-0.39, 0.29) is 0 Å². The summed E-state index contributed by atoms with van der Waals surface area (Å²) in [7, 11) is 0. The van der Waals surface area contributed by atoms with Gasteiger partial charge in [0, 0.05) is 19.3 Å². The van der Waals surface area contributed by atoms with E-state index < -0.39 is 0 Å². The van der Waals surface area contributed by atoms with E-state index in [0.29, 0.717) is 0 Å². The summed E-state index contributed by atoms with van der Waals surface area (Å²) in [5.41, 5.74) is 2.46. The lowest BCUT2D eigenvalue weighted by molar-refractivity contribution is 0.333. The van der Waals surface area contributed by atoms with Crippen molar-refractivity contribution in [2.45, 2.75) is 32.2 Å². The van der Waals surface area contributed by atoms with Gasteiger partial charge in [0.05, 0.1) is 5.69 Å². The molecule has 0 aromatic carbocycles. The van der Waals surface area contributed by atoms with Crippen LogP contribution in [0.1, 0.15) is 30.5 Å². The number of hydrogen-bond acceptors (Lipinski definition) is 4. The third-order valence-electron chi connectivity index (χ3n) is 3.59. The molecule has 1 saturated carbocycles. The number of aromatic nitrogens is 2. The molecule has 2 aliphatic rings. The summed E-state index contributed by atoms with van der Waals surface area (Å²) in [4.78, 5) is 8.93. The van der Waals surface area contributed by atoms with Crippen molar-refractivity contribution < 1.29 is 0 Å². The van der Waals surface area contributed by atoms with Crippen LogP contribution in [0.25, 0.3) is 0 Å². The van der Waals surface area contributed by atoms with E-state index in [0.717, 1.165) is 43.6 Å². The van der Waals surface area contributed by atoms with E-state index in [1.807, 2.05) is 6.20 Å². The van der Waals surface area contributed by atoms with Gasteiger partial charge in [-0.1, -0.05) is 6.42 Å². The molecule has 1 aliphatic carbocycles. The second kappa shape index (κ2) is 4.37. The zero-order valence-corrected chi connectivity index (χ0v) is 9.50. The highest BCUT2D eigenvalue weighted by Gasteiger charge is 2.17. The summed E-state index contributed by atoms with van der Waals surface area (Å²) >= 11 is 0. The van der Waals surface area contributed by atoms with Gasteiger partial charge in [0.2, 0.25) is 5.95 Å². The van der Waals surface area contributed by atoms with E-state index >= 15 is 0 Å². The molecule has 0 spiro atoms. The lowest BCUT2D eigenvalue weighted by Gasteiger charge is -2.25. The van der Waals surface area contributed by atoms with Crippen LogP contribution in [-0.2, 0) is 13.0 Å². The summed E-state index contributed by atoms with van der Waals surface area (Å²) in [6.45, 7) is 2.97. The minimum absolute atomic E-state index is 0.800. The Labute approximate surface area is 95.9 Å². The Hall–Kier alpha value is -1.16. The molecular formula is C12H18N4. The molecular weight excluding hydrogens is 200 g/mol. The van der Waals surface area contributed by atoms with Crippen molar-refractivity contribution in [3.8, 4) is 0 Å². The highest BCUT2D eigenvalue weighted by Crippen LogP contribution is 2.26. The first-order valence-electron chi connectivity index (χ1n) is 6.21. The van der Waals surface area contributed by atoms with Crippen molar-refractivity contribution in [2.75, 3.05) is 18.4 Å². The number of anilines is 1. The van der Waals surface area contributed by atoms with Crippen LogP contribution in [0, 0.1) is 5.92 Å². The summed E-state index contributed by atoms with van der Waals surface area (Å²) < 4.78 is 0. The molecule has 0 amide bonds. The Balaban J connectivity index is 1.65. The van der Waals surface area contributed by atoms with Crippen LogP contribution in [0.15, 0.2) is 6.20 Å². The number of hydrogen-bond donors (Lipinski definition) is 2. The number of nitrogens with one attached hydrogen (secondary N) is 2. The first kappa shape index (κ1) is 10.0. The lowest BCUT2D eigenvalue weighted by Crippen LogP contribution is -2.26. The second-order valence-electron chi connectivity index (χ2n) is 4.77. The molecule has 1 aromatic rings. The first-order chi connectivity index (χ1) is 7.92. The molecule has 1 aromatic heterocycles. The zero-order chi connectivity index (χ0) is 10.8. The van der Waals surface area contributed by atoms with E-state index in [2.05, 4.69) is 20.6 Å². The second-order valence-corrected chi connectivity index (χ2v) is 4.77.